The quantitative estimate of drug-likeness (QED) is 0.585. The Hall–Kier alpha value is -1.78. The summed E-state index contributed by atoms with van der Waals surface area (Å²) in [5.41, 5.74) is 5.81. The third kappa shape index (κ3) is 3.30. The zero-order chi connectivity index (χ0) is 18.4. The number of hydrogen-bond donors (Lipinski definition) is 0. The summed E-state index contributed by atoms with van der Waals surface area (Å²) in [6.07, 6.45) is 6.79. The number of fused-ring (bicyclic) bond motifs is 1. The van der Waals surface area contributed by atoms with E-state index < -0.39 is 0 Å². The van der Waals surface area contributed by atoms with Crippen LogP contribution in [-0.2, 0) is 0 Å². The number of aryl methyl sites for hydroxylation is 2. The molecule has 140 valence electrons. The van der Waals surface area contributed by atoms with Gasteiger partial charge in [-0.15, -0.1) is 11.3 Å². The van der Waals surface area contributed by atoms with E-state index in [2.05, 4.69) is 47.1 Å². The molecule has 0 spiro atoms. The van der Waals surface area contributed by atoms with Gasteiger partial charge in [0.15, 0.2) is 0 Å². The molecule has 1 aliphatic carbocycles. The molecule has 1 aromatic carbocycles. The Labute approximate surface area is 165 Å². The molecule has 0 amide bonds. The van der Waals surface area contributed by atoms with Crippen molar-refractivity contribution in [1.29, 1.82) is 0 Å². The summed E-state index contributed by atoms with van der Waals surface area (Å²) in [6, 6.07) is 11.8. The highest BCUT2D eigenvalue weighted by atomic mass is 32.1. The van der Waals surface area contributed by atoms with Gasteiger partial charge in [-0.05, 0) is 76.4 Å². The lowest BCUT2D eigenvalue weighted by Crippen LogP contribution is -2.46. The van der Waals surface area contributed by atoms with Crippen LogP contribution in [0.1, 0.15) is 54.4 Å². The van der Waals surface area contributed by atoms with E-state index in [1.54, 1.807) is 0 Å². The topological polar surface area (TPSA) is 29.0 Å². The maximum atomic E-state index is 4.97. The summed E-state index contributed by atoms with van der Waals surface area (Å²) in [4.78, 5) is 12.3. The first-order valence-electron chi connectivity index (χ1n) is 10.3. The number of thiazole rings is 1. The van der Waals surface area contributed by atoms with Crippen LogP contribution >= 0.6 is 11.3 Å². The maximum absolute atomic E-state index is 4.97. The molecule has 3 nitrogen and oxygen atoms in total. The lowest BCUT2D eigenvalue weighted by molar-refractivity contribution is 0.0888. The smallest absolute Gasteiger partial charge is 0.0970 e. The van der Waals surface area contributed by atoms with E-state index in [-0.39, 0.29) is 0 Å². The Kier molecular flexibility index (Phi) is 4.49. The molecule has 0 atom stereocenters. The summed E-state index contributed by atoms with van der Waals surface area (Å²) in [6.45, 7) is 6.76. The molecular formula is C23H27N3S. The van der Waals surface area contributed by atoms with E-state index in [0.29, 0.717) is 5.92 Å². The molecule has 2 fully saturated rings. The second-order valence-electron chi connectivity index (χ2n) is 8.24. The molecule has 4 heteroatoms. The molecule has 1 aliphatic heterocycles. The highest BCUT2D eigenvalue weighted by molar-refractivity contribution is 7.18. The van der Waals surface area contributed by atoms with Gasteiger partial charge in [-0.25, -0.2) is 4.98 Å². The van der Waals surface area contributed by atoms with E-state index in [4.69, 9.17) is 4.98 Å². The molecule has 27 heavy (non-hydrogen) atoms. The first-order chi connectivity index (χ1) is 13.2. The summed E-state index contributed by atoms with van der Waals surface area (Å²) in [5, 5.41) is 1.34. The van der Waals surface area contributed by atoms with Crippen LogP contribution in [0, 0.1) is 13.8 Å². The highest BCUT2D eigenvalue weighted by Gasteiger charge is 2.36. The van der Waals surface area contributed by atoms with Crippen LogP contribution in [0.3, 0.4) is 0 Å². The molecule has 0 unspecified atom stereocenters. The third-order valence-electron chi connectivity index (χ3n) is 6.31. The number of benzene rings is 1. The largest absolute Gasteiger partial charge is 0.300 e. The molecule has 2 aliphatic rings. The zero-order valence-corrected chi connectivity index (χ0v) is 17.1. The molecule has 3 heterocycles. The zero-order valence-electron chi connectivity index (χ0n) is 16.2. The number of rotatable bonds is 3. The predicted octanol–water partition coefficient (Wildman–Crippen LogP) is 5.71. The first-order valence-corrected chi connectivity index (χ1v) is 11.1. The number of hydrogen-bond acceptors (Lipinski definition) is 4. The lowest BCUT2D eigenvalue weighted by Gasteiger charge is -2.43. The molecule has 2 aromatic heterocycles. The van der Waals surface area contributed by atoms with Crippen LogP contribution in [0.5, 0.6) is 0 Å². The van der Waals surface area contributed by atoms with Gasteiger partial charge in [0.05, 0.1) is 15.2 Å². The monoisotopic (exact) mass is 377 g/mol. The third-order valence-corrected chi connectivity index (χ3v) is 7.49. The molecule has 5 rings (SSSR count). The van der Waals surface area contributed by atoms with Crippen molar-refractivity contribution in [2.45, 2.75) is 57.9 Å². The van der Waals surface area contributed by atoms with Crippen molar-refractivity contribution < 1.29 is 0 Å². The SMILES string of the molecule is Cc1ccc(-c2ccc3nc([C@H]4C[C@H](N5CCCCC5)C4)sc3c2)c(C)n1. The minimum absolute atomic E-state index is 0.667. The average molecular weight is 378 g/mol. The summed E-state index contributed by atoms with van der Waals surface area (Å²) in [7, 11) is 0. The summed E-state index contributed by atoms with van der Waals surface area (Å²) >= 11 is 1.90. The van der Waals surface area contributed by atoms with Crippen LogP contribution in [0.2, 0.25) is 0 Å². The van der Waals surface area contributed by atoms with Crippen molar-refractivity contribution in [2.24, 2.45) is 0 Å². The van der Waals surface area contributed by atoms with E-state index in [9.17, 15) is 0 Å². The van der Waals surface area contributed by atoms with Crippen LogP contribution in [0.25, 0.3) is 21.3 Å². The molecule has 0 N–H and O–H groups in total. The van der Waals surface area contributed by atoms with Crippen LogP contribution in [-0.4, -0.2) is 34.0 Å². The second-order valence-corrected chi connectivity index (χ2v) is 9.30. The number of pyridine rings is 1. The lowest BCUT2D eigenvalue weighted by atomic mass is 9.79. The molecular weight excluding hydrogens is 350 g/mol. The molecule has 0 bridgehead atoms. The van der Waals surface area contributed by atoms with Gasteiger partial charge in [0.1, 0.15) is 0 Å². The molecule has 1 saturated carbocycles. The minimum atomic E-state index is 0.667. The normalized spacial score (nSPS) is 23.5. The van der Waals surface area contributed by atoms with Crippen LogP contribution < -0.4 is 0 Å². The van der Waals surface area contributed by atoms with Gasteiger partial charge in [0.25, 0.3) is 0 Å². The Morgan fingerprint density at radius 3 is 2.56 bits per heavy atom. The van der Waals surface area contributed by atoms with Crippen molar-refractivity contribution in [3.63, 3.8) is 0 Å². The Morgan fingerprint density at radius 2 is 1.78 bits per heavy atom. The van der Waals surface area contributed by atoms with Crippen molar-refractivity contribution >= 4 is 21.6 Å². The Balaban J connectivity index is 1.35. The van der Waals surface area contributed by atoms with Crippen molar-refractivity contribution in [2.75, 3.05) is 13.1 Å². The Morgan fingerprint density at radius 1 is 0.963 bits per heavy atom. The maximum Gasteiger partial charge on any atom is 0.0970 e. The van der Waals surface area contributed by atoms with Crippen molar-refractivity contribution in [3.8, 4) is 11.1 Å². The summed E-state index contributed by atoms with van der Waals surface area (Å²) < 4.78 is 1.31. The van der Waals surface area contributed by atoms with E-state index in [1.807, 2.05) is 18.3 Å². The van der Waals surface area contributed by atoms with Crippen LogP contribution in [0.15, 0.2) is 30.3 Å². The van der Waals surface area contributed by atoms with E-state index >= 15 is 0 Å². The van der Waals surface area contributed by atoms with Crippen LogP contribution in [0.4, 0.5) is 0 Å². The molecule has 0 radical (unpaired) electrons. The van der Waals surface area contributed by atoms with E-state index in [1.165, 1.54) is 66.0 Å². The number of piperidine rings is 1. The van der Waals surface area contributed by atoms with Gasteiger partial charge in [0.2, 0.25) is 0 Å². The van der Waals surface area contributed by atoms with Gasteiger partial charge in [-0.3, -0.25) is 4.98 Å². The number of nitrogens with zero attached hydrogens (tertiary/aromatic N) is 3. The molecule has 3 aromatic rings. The van der Waals surface area contributed by atoms with Crippen molar-refractivity contribution in [3.05, 3.63) is 46.7 Å². The fourth-order valence-corrected chi connectivity index (χ4v) is 5.78. The number of aromatic nitrogens is 2. The van der Waals surface area contributed by atoms with Gasteiger partial charge < -0.3 is 4.90 Å². The molecule has 1 saturated heterocycles. The fraction of sp³-hybridized carbons (Fsp3) is 0.478. The van der Waals surface area contributed by atoms with E-state index in [0.717, 1.165) is 22.9 Å². The first kappa shape index (κ1) is 17.3. The fourth-order valence-electron chi connectivity index (χ4n) is 4.65. The number of likely N-dealkylation sites (tertiary alicyclic amines) is 1. The predicted molar refractivity (Wildman–Crippen MR) is 114 cm³/mol. The minimum Gasteiger partial charge on any atom is -0.300 e. The van der Waals surface area contributed by atoms with Gasteiger partial charge in [0, 0.05) is 28.9 Å². The summed E-state index contributed by atoms with van der Waals surface area (Å²) in [5.74, 6) is 0.667. The second kappa shape index (κ2) is 6.99. The standard InChI is InChI=1S/C23H27N3S/c1-15-6-8-20(16(2)24-15)17-7-9-21-22(14-17)27-23(25-21)18-12-19(13-18)26-10-4-3-5-11-26/h6-9,14,18-19H,3-5,10-13H2,1-2H3/t18-,19-. The van der Waals surface area contributed by atoms with Gasteiger partial charge >= 0.3 is 0 Å². The Bertz CT molecular complexity index is 965. The van der Waals surface area contributed by atoms with Gasteiger partial charge in [-0.1, -0.05) is 18.6 Å². The highest BCUT2D eigenvalue weighted by Crippen LogP contribution is 2.43. The van der Waals surface area contributed by atoms with Crippen molar-refractivity contribution in [1.82, 2.24) is 14.9 Å². The average Bonchev–Trinajstić information content (AvgIpc) is 3.04. The van der Waals surface area contributed by atoms with Gasteiger partial charge in [-0.2, -0.15) is 0 Å².